The van der Waals surface area contributed by atoms with Crippen LogP contribution in [0.1, 0.15) is 17.5 Å². The molecule has 0 aromatic carbocycles. The van der Waals surface area contributed by atoms with E-state index in [1.54, 1.807) is 20.0 Å². The molecule has 0 N–H and O–H groups in total. The average Bonchev–Trinajstić information content (AvgIpc) is 3.29. The SMILES string of the molecule is CC[S+]([O-])c1nnc(N2C(=O)N(C)CC2OC(=O)c2ccco2)s1. The van der Waals surface area contributed by atoms with Gasteiger partial charge in [0.05, 0.1) is 12.8 Å². The summed E-state index contributed by atoms with van der Waals surface area (Å²) >= 11 is -0.227. The van der Waals surface area contributed by atoms with E-state index in [1.807, 2.05) is 0 Å². The maximum absolute atomic E-state index is 12.3. The first-order chi connectivity index (χ1) is 11.5. The van der Waals surface area contributed by atoms with Crippen LogP contribution in [0.15, 0.2) is 27.2 Å². The van der Waals surface area contributed by atoms with E-state index in [-0.39, 0.29) is 23.5 Å². The minimum Gasteiger partial charge on any atom is -0.610 e. The normalized spacial score (nSPS) is 19.0. The number of anilines is 1. The molecule has 128 valence electrons. The molecule has 11 heteroatoms. The van der Waals surface area contributed by atoms with Gasteiger partial charge in [0.2, 0.25) is 17.1 Å². The maximum atomic E-state index is 12.3. The number of hydrogen-bond donors (Lipinski definition) is 0. The molecule has 0 bridgehead atoms. The quantitative estimate of drug-likeness (QED) is 0.443. The van der Waals surface area contributed by atoms with Gasteiger partial charge in [-0.05, 0) is 30.4 Å². The van der Waals surface area contributed by atoms with Crippen LogP contribution in [0.3, 0.4) is 0 Å². The number of rotatable bonds is 5. The molecular weight excluding hydrogens is 356 g/mol. The Morgan fingerprint density at radius 1 is 1.58 bits per heavy atom. The van der Waals surface area contributed by atoms with E-state index in [9.17, 15) is 14.1 Å². The van der Waals surface area contributed by atoms with Crippen LogP contribution in [-0.2, 0) is 15.9 Å². The predicted molar refractivity (Wildman–Crippen MR) is 85.3 cm³/mol. The number of nitrogens with zero attached hydrogens (tertiary/aromatic N) is 4. The fraction of sp³-hybridized carbons (Fsp3) is 0.385. The summed E-state index contributed by atoms with van der Waals surface area (Å²) in [5, 5.41) is 8.00. The molecule has 2 aromatic rings. The summed E-state index contributed by atoms with van der Waals surface area (Å²) in [6.07, 6.45) is 0.494. The van der Waals surface area contributed by atoms with Crippen LogP contribution in [0.4, 0.5) is 9.93 Å². The van der Waals surface area contributed by atoms with Gasteiger partial charge >= 0.3 is 16.3 Å². The summed E-state index contributed by atoms with van der Waals surface area (Å²) < 4.78 is 22.5. The fourth-order valence-electron chi connectivity index (χ4n) is 2.09. The van der Waals surface area contributed by atoms with Gasteiger partial charge in [-0.25, -0.2) is 14.5 Å². The lowest BCUT2D eigenvalue weighted by molar-refractivity contribution is 0.0295. The molecule has 2 aromatic heterocycles. The molecule has 2 unspecified atom stereocenters. The largest absolute Gasteiger partial charge is 0.610 e. The number of esters is 1. The van der Waals surface area contributed by atoms with Gasteiger partial charge in [0.25, 0.3) is 0 Å². The van der Waals surface area contributed by atoms with E-state index in [4.69, 9.17) is 9.15 Å². The van der Waals surface area contributed by atoms with Gasteiger partial charge in [0.15, 0.2) is 0 Å². The van der Waals surface area contributed by atoms with E-state index < -0.39 is 23.4 Å². The fourth-order valence-corrected chi connectivity index (χ4v) is 4.03. The van der Waals surface area contributed by atoms with Crippen molar-refractivity contribution in [3.8, 4) is 0 Å². The van der Waals surface area contributed by atoms with Crippen LogP contribution in [0, 0.1) is 0 Å². The van der Waals surface area contributed by atoms with E-state index >= 15 is 0 Å². The predicted octanol–water partition coefficient (Wildman–Crippen LogP) is 1.31. The van der Waals surface area contributed by atoms with Crippen molar-refractivity contribution in [2.24, 2.45) is 0 Å². The zero-order valence-electron chi connectivity index (χ0n) is 12.9. The van der Waals surface area contributed by atoms with Crippen LogP contribution in [-0.4, -0.2) is 57.2 Å². The highest BCUT2D eigenvalue weighted by Gasteiger charge is 2.41. The molecule has 3 heterocycles. The van der Waals surface area contributed by atoms with Gasteiger partial charge in [-0.1, -0.05) is 5.10 Å². The second kappa shape index (κ2) is 6.79. The van der Waals surface area contributed by atoms with Crippen molar-refractivity contribution in [1.29, 1.82) is 0 Å². The molecule has 0 saturated carbocycles. The lowest BCUT2D eigenvalue weighted by atomic mass is 10.4. The third-order valence-electron chi connectivity index (χ3n) is 3.27. The molecule has 0 spiro atoms. The first kappa shape index (κ1) is 16.7. The number of likely N-dealkylation sites (N-methyl/N-ethyl adjacent to an activating group) is 1. The van der Waals surface area contributed by atoms with Crippen molar-refractivity contribution in [3.05, 3.63) is 24.2 Å². The second-order valence-corrected chi connectivity index (χ2v) is 7.72. The lowest BCUT2D eigenvalue weighted by Gasteiger charge is -2.19. The molecule has 0 aliphatic carbocycles. The van der Waals surface area contributed by atoms with Gasteiger partial charge in [0, 0.05) is 18.2 Å². The molecule has 2 amide bonds. The Labute approximate surface area is 144 Å². The monoisotopic (exact) mass is 370 g/mol. The first-order valence-corrected chi connectivity index (χ1v) is 9.15. The molecule has 1 fully saturated rings. The number of ether oxygens (including phenoxy) is 1. The topological polar surface area (TPSA) is 112 Å². The Hall–Kier alpha value is -2.11. The second-order valence-electron chi connectivity index (χ2n) is 4.86. The Morgan fingerprint density at radius 3 is 3.04 bits per heavy atom. The number of carbonyl (C=O) groups excluding carboxylic acids is 2. The smallest absolute Gasteiger partial charge is 0.376 e. The number of carbonyl (C=O) groups is 2. The standard InChI is InChI=1S/C13H14N4O5S2/c1-3-24(20)12-15-14-11(23-12)17-9(7-16(2)13(17)19)22-10(18)8-5-4-6-21-8/h4-6,9H,3,7H2,1-2H3. The summed E-state index contributed by atoms with van der Waals surface area (Å²) in [5.74, 6) is -0.235. The van der Waals surface area contributed by atoms with Gasteiger partial charge in [-0.15, -0.1) is 5.10 Å². The molecule has 1 aliphatic heterocycles. The number of furan rings is 1. The summed E-state index contributed by atoms with van der Waals surface area (Å²) in [6, 6.07) is 2.66. The Balaban J connectivity index is 1.81. The molecule has 9 nitrogen and oxygen atoms in total. The minimum absolute atomic E-state index is 0.0435. The van der Waals surface area contributed by atoms with E-state index in [0.29, 0.717) is 10.1 Å². The van der Waals surface area contributed by atoms with Crippen LogP contribution >= 0.6 is 11.3 Å². The van der Waals surface area contributed by atoms with Crippen LogP contribution < -0.4 is 4.90 Å². The van der Waals surface area contributed by atoms with Gasteiger partial charge < -0.3 is 18.6 Å². The first-order valence-electron chi connectivity index (χ1n) is 7.02. The molecule has 0 radical (unpaired) electrons. The number of aromatic nitrogens is 2. The Kier molecular flexibility index (Phi) is 4.73. The molecule has 3 rings (SSSR count). The molecule has 2 atom stereocenters. The average molecular weight is 370 g/mol. The third-order valence-corrected chi connectivity index (χ3v) is 5.80. The molecular formula is C13H14N4O5S2. The van der Waals surface area contributed by atoms with Crippen LogP contribution in [0.2, 0.25) is 0 Å². The van der Waals surface area contributed by atoms with Gasteiger partial charge in [-0.3, -0.25) is 0 Å². The van der Waals surface area contributed by atoms with Crippen molar-refractivity contribution in [2.45, 2.75) is 17.5 Å². The summed E-state index contributed by atoms with van der Waals surface area (Å²) in [7, 11) is 1.59. The highest BCUT2D eigenvalue weighted by atomic mass is 32.2. The van der Waals surface area contributed by atoms with Crippen LogP contribution in [0.5, 0.6) is 0 Å². The summed E-state index contributed by atoms with van der Waals surface area (Å²) in [5.41, 5.74) is 0. The number of hydrogen-bond acceptors (Lipinski definition) is 8. The molecule has 1 saturated heterocycles. The van der Waals surface area contributed by atoms with Gasteiger partial charge in [-0.2, -0.15) is 0 Å². The van der Waals surface area contributed by atoms with Gasteiger partial charge in [0.1, 0.15) is 5.75 Å². The van der Waals surface area contributed by atoms with Crippen molar-refractivity contribution >= 4 is 39.6 Å². The van der Waals surface area contributed by atoms with Crippen molar-refractivity contribution in [2.75, 3.05) is 24.2 Å². The van der Waals surface area contributed by atoms with Crippen molar-refractivity contribution in [3.63, 3.8) is 0 Å². The Bertz CT molecular complexity index is 735. The van der Waals surface area contributed by atoms with E-state index in [2.05, 4.69) is 10.2 Å². The lowest BCUT2D eigenvalue weighted by Crippen LogP contribution is -2.37. The number of urea groups is 1. The summed E-state index contributed by atoms with van der Waals surface area (Å²) in [4.78, 5) is 27.0. The Morgan fingerprint density at radius 2 is 2.38 bits per heavy atom. The molecule has 1 aliphatic rings. The number of amides is 2. The van der Waals surface area contributed by atoms with Crippen molar-refractivity contribution < 1.29 is 23.3 Å². The minimum atomic E-state index is -1.27. The van der Waals surface area contributed by atoms with Crippen LogP contribution in [0.25, 0.3) is 0 Å². The highest BCUT2D eigenvalue weighted by Crippen LogP contribution is 2.30. The summed E-state index contributed by atoms with van der Waals surface area (Å²) in [6.45, 7) is 1.94. The van der Waals surface area contributed by atoms with Crippen molar-refractivity contribution in [1.82, 2.24) is 15.1 Å². The zero-order valence-corrected chi connectivity index (χ0v) is 14.5. The zero-order chi connectivity index (χ0) is 17.3. The van der Waals surface area contributed by atoms with E-state index in [1.165, 1.54) is 22.1 Å². The third kappa shape index (κ3) is 3.09. The molecule has 24 heavy (non-hydrogen) atoms. The maximum Gasteiger partial charge on any atom is 0.376 e. The highest BCUT2D eigenvalue weighted by molar-refractivity contribution is 7.93. The van der Waals surface area contributed by atoms with E-state index in [0.717, 1.165) is 11.3 Å².